The van der Waals surface area contributed by atoms with Gasteiger partial charge in [0.15, 0.2) is 0 Å². The molecule has 0 spiro atoms. The Balaban J connectivity index is 2.44. The summed E-state index contributed by atoms with van der Waals surface area (Å²) in [6, 6.07) is 3.40. The summed E-state index contributed by atoms with van der Waals surface area (Å²) in [6.45, 7) is 0. The topological polar surface area (TPSA) is 46.2 Å². The molecule has 1 saturated heterocycles. The fraction of sp³-hybridized carbons (Fsp3) is 0.0909. The zero-order valence-corrected chi connectivity index (χ0v) is 8.09. The van der Waals surface area contributed by atoms with Gasteiger partial charge in [-0.05, 0) is 18.2 Å². The van der Waals surface area contributed by atoms with Gasteiger partial charge in [0.2, 0.25) is 5.91 Å². The van der Waals surface area contributed by atoms with E-state index in [9.17, 15) is 18.4 Å². The summed E-state index contributed by atoms with van der Waals surface area (Å²) in [4.78, 5) is 22.0. The average molecular weight is 223 g/mol. The fourth-order valence-electron chi connectivity index (χ4n) is 1.44. The molecule has 0 saturated carbocycles. The van der Waals surface area contributed by atoms with Crippen LogP contribution in [0.3, 0.4) is 0 Å². The van der Waals surface area contributed by atoms with Crippen molar-refractivity contribution in [3.63, 3.8) is 0 Å². The van der Waals surface area contributed by atoms with E-state index in [1.165, 1.54) is 6.07 Å². The van der Waals surface area contributed by atoms with Gasteiger partial charge < -0.3 is 0 Å². The van der Waals surface area contributed by atoms with Crippen molar-refractivity contribution in [3.05, 3.63) is 41.0 Å². The molecule has 2 rings (SSSR count). The zero-order valence-electron chi connectivity index (χ0n) is 8.09. The van der Waals surface area contributed by atoms with E-state index in [0.717, 1.165) is 18.2 Å². The van der Waals surface area contributed by atoms with Crippen molar-refractivity contribution < 1.29 is 18.4 Å². The van der Waals surface area contributed by atoms with E-state index in [1.807, 2.05) is 5.32 Å². The van der Waals surface area contributed by atoms with Crippen molar-refractivity contribution in [2.45, 2.75) is 6.42 Å². The summed E-state index contributed by atoms with van der Waals surface area (Å²) in [6.07, 6.45) is 0.914. The Kier molecular flexibility index (Phi) is 2.52. The van der Waals surface area contributed by atoms with E-state index < -0.39 is 23.4 Å². The van der Waals surface area contributed by atoms with Gasteiger partial charge in [-0.15, -0.1) is 0 Å². The third-order valence-electron chi connectivity index (χ3n) is 2.21. The van der Waals surface area contributed by atoms with Crippen LogP contribution < -0.4 is 5.32 Å². The number of carbonyl (C=O) groups excluding carboxylic acids is 2. The largest absolute Gasteiger partial charge is 0.292 e. The molecule has 0 atom stereocenters. The zero-order chi connectivity index (χ0) is 11.7. The van der Waals surface area contributed by atoms with Crippen LogP contribution in [0.2, 0.25) is 0 Å². The minimum atomic E-state index is -0.764. The number of hydrogen-bond acceptors (Lipinski definition) is 2. The second-order valence-corrected chi connectivity index (χ2v) is 3.36. The van der Waals surface area contributed by atoms with Crippen molar-refractivity contribution in [1.82, 2.24) is 5.32 Å². The van der Waals surface area contributed by atoms with Gasteiger partial charge in [-0.25, -0.2) is 8.78 Å². The molecule has 82 valence electrons. The Hall–Kier alpha value is -2.04. The molecule has 1 heterocycles. The van der Waals surface area contributed by atoms with Crippen LogP contribution in [-0.4, -0.2) is 11.8 Å². The van der Waals surface area contributed by atoms with Crippen LogP contribution >= 0.6 is 0 Å². The Morgan fingerprint density at radius 3 is 2.31 bits per heavy atom. The lowest BCUT2D eigenvalue weighted by atomic mass is 10.1. The maximum absolute atomic E-state index is 13.2. The Bertz CT molecular complexity index is 488. The van der Waals surface area contributed by atoms with Crippen LogP contribution in [-0.2, 0) is 9.59 Å². The number of halogens is 2. The van der Waals surface area contributed by atoms with Crippen molar-refractivity contribution in [2.24, 2.45) is 0 Å². The lowest BCUT2D eigenvalue weighted by Crippen LogP contribution is -2.19. The predicted octanol–water partition coefficient (Wildman–Crippen LogP) is 1.39. The summed E-state index contributed by atoms with van der Waals surface area (Å²) < 4.78 is 26.5. The SMILES string of the molecule is O=C1CC(=Cc2c(F)cccc2F)C(=O)N1. The molecule has 1 aliphatic heterocycles. The first kappa shape index (κ1) is 10.5. The molecular formula is C11H7F2NO2. The first-order valence-corrected chi connectivity index (χ1v) is 4.56. The Morgan fingerprint density at radius 2 is 1.81 bits per heavy atom. The number of hydrogen-bond donors (Lipinski definition) is 1. The number of nitrogens with one attached hydrogen (secondary N) is 1. The number of imide groups is 1. The molecule has 1 fully saturated rings. The molecule has 0 aromatic heterocycles. The molecule has 0 bridgehead atoms. The fourth-order valence-corrected chi connectivity index (χ4v) is 1.44. The monoisotopic (exact) mass is 223 g/mol. The van der Waals surface area contributed by atoms with Crippen molar-refractivity contribution in [3.8, 4) is 0 Å². The van der Waals surface area contributed by atoms with Crippen molar-refractivity contribution in [1.29, 1.82) is 0 Å². The molecule has 0 radical (unpaired) electrons. The van der Waals surface area contributed by atoms with E-state index >= 15 is 0 Å². The highest BCUT2D eigenvalue weighted by molar-refractivity contribution is 6.15. The van der Waals surface area contributed by atoms with E-state index in [2.05, 4.69) is 0 Å². The molecule has 1 aromatic rings. The molecular weight excluding hydrogens is 216 g/mol. The first-order chi connectivity index (χ1) is 7.58. The van der Waals surface area contributed by atoms with Gasteiger partial charge in [0.25, 0.3) is 5.91 Å². The third kappa shape index (κ3) is 1.84. The molecule has 5 heteroatoms. The van der Waals surface area contributed by atoms with Gasteiger partial charge in [-0.3, -0.25) is 14.9 Å². The van der Waals surface area contributed by atoms with Crippen molar-refractivity contribution in [2.75, 3.05) is 0 Å². The lowest BCUT2D eigenvalue weighted by molar-refractivity contribution is -0.124. The molecule has 2 amide bonds. The molecule has 16 heavy (non-hydrogen) atoms. The second kappa shape index (κ2) is 3.84. The summed E-state index contributed by atoms with van der Waals surface area (Å²) in [5, 5.41) is 2.03. The van der Waals surface area contributed by atoms with Crippen LogP contribution in [0.25, 0.3) is 6.08 Å². The summed E-state index contributed by atoms with van der Waals surface area (Å²) in [5.74, 6) is -2.60. The van der Waals surface area contributed by atoms with Gasteiger partial charge in [0.05, 0.1) is 6.42 Å². The molecule has 1 aliphatic rings. The van der Waals surface area contributed by atoms with E-state index in [4.69, 9.17) is 0 Å². The van der Waals surface area contributed by atoms with Crippen LogP contribution in [0.5, 0.6) is 0 Å². The molecule has 0 aliphatic carbocycles. The van der Waals surface area contributed by atoms with Crippen LogP contribution in [0.15, 0.2) is 23.8 Å². The van der Waals surface area contributed by atoms with Gasteiger partial charge >= 0.3 is 0 Å². The molecule has 1 N–H and O–H groups in total. The normalized spacial score (nSPS) is 18.0. The minimum Gasteiger partial charge on any atom is -0.292 e. The summed E-state index contributed by atoms with van der Waals surface area (Å²) in [5.41, 5.74) is -0.239. The van der Waals surface area contributed by atoms with Crippen LogP contribution in [0.4, 0.5) is 8.78 Å². The molecule has 3 nitrogen and oxygen atoms in total. The highest BCUT2D eigenvalue weighted by Crippen LogP contribution is 2.19. The first-order valence-electron chi connectivity index (χ1n) is 4.56. The van der Waals surface area contributed by atoms with Gasteiger partial charge in [-0.2, -0.15) is 0 Å². The van der Waals surface area contributed by atoms with E-state index in [1.54, 1.807) is 0 Å². The standard InChI is InChI=1S/C11H7F2NO2/c12-8-2-1-3-9(13)7(8)4-6-5-10(15)14-11(6)16/h1-4H,5H2,(H,14,15,16). The number of rotatable bonds is 1. The Labute approximate surface area is 89.8 Å². The highest BCUT2D eigenvalue weighted by Gasteiger charge is 2.24. The highest BCUT2D eigenvalue weighted by atomic mass is 19.1. The smallest absolute Gasteiger partial charge is 0.254 e. The number of benzene rings is 1. The van der Waals surface area contributed by atoms with Gasteiger partial charge in [0.1, 0.15) is 11.6 Å². The number of amides is 2. The van der Waals surface area contributed by atoms with Gasteiger partial charge in [0, 0.05) is 11.1 Å². The maximum atomic E-state index is 13.2. The van der Waals surface area contributed by atoms with Crippen molar-refractivity contribution >= 4 is 17.9 Å². The second-order valence-electron chi connectivity index (χ2n) is 3.36. The minimum absolute atomic E-state index is 0.0639. The Morgan fingerprint density at radius 1 is 1.19 bits per heavy atom. The lowest BCUT2D eigenvalue weighted by Gasteiger charge is -1.99. The average Bonchev–Trinajstić information content (AvgIpc) is 2.51. The quantitative estimate of drug-likeness (QED) is 0.577. The van der Waals surface area contributed by atoms with Gasteiger partial charge in [-0.1, -0.05) is 6.07 Å². The third-order valence-corrected chi connectivity index (χ3v) is 2.21. The maximum Gasteiger partial charge on any atom is 0.254 e. The van der Waals surface area contributed by atoms with E-state index in [0.29, 0.717) is 0 Å². The predicted molar refractivity (Wildman–Crippen MR) is 52.1 cm³/mol. The van der Waals surface area contributed by atoms with Crippen LogP contribution in [0, 0.1) is 11.6 Å². The molecule has 0 unspecified atom stereocenters. The van der Waals surface area contributed by atoms with Crippen LogP contribution in [0.1, 0.15) is 12.0 Å². The van der Waals surface area contributed by atoms with E-state index in [-0.39, 0.29) is 17.6 Å². The summed E-state index contributed by atoms with van der Waals surface area (Å²) in [7, 11) is 0. The molecule has 1 aromatic carbocycles. The summed E-state index contributed by atoms with van der Waals surface area (Å²) >= 11 is 0. The number of carbonyl (C=O) groups is 2.